The van der Waals surface area contributed by atoms with Gasteiger partial charge in [0, 0.05) is 19.2 Å². The van der Waals surface area contributed by atoms with Gasteiger partial charge in [0.15, 0.2) is 8.32 Å². The number of ether oxygens (including phenoxy) is 1. The summed E-state index contributed by atoms with van der Waals surface area (Å²) in [5, 5.41) is 0. The molecule has 222 valence electrons. The van der Waals surface area contributed by atoms with Gasteiger partial charge in [-0.1, -0.05) is 120 Å². The van der Waals surface area contributed by atoms with Gasteiger partial charge in [-0.3, -0.25) is 4.90 Å². The highest BCUT2D eigenvalue weighted by atomic mass is 28.4. The van der Waals surface area contributed by atoms with Gasteiger partial charge in [-0.15, -0.1) is 0 Å². The monoisotopic (exact) mass is 571 g/mol. The van der Waals surface area contributed by atoms with Gasteiger partial charge >= 0.3 is 0 Å². The lowest BCUT2D eigenvalue weighted by Gasteiger charge is -2.42. The zero-order valence-corrected chi connectivity index (χ0v) is 27.4. The lowest BCUT2D eigenvalue weighted by Crippen LogP contribution is -2.48. The second-order valence-corrected chi connectivity index (χ2v) is 18.3. The van der Waals surface area contributed by atoms with E-state index in [1.165, 1.54) is 40.7 Å². The van der Waals surface area contributed by atoms with Crippen LogP contribution in [0.2, 0.25) is 16.6 Å². The first-order valence-corrected chi connectivity index (χ1v) is 18.1. The van der Waals surface area contributed by atoms with E-state index in [1.54, 1.807) is 0 Å². The molecular formula is C37H53NO2Si. The minimum Gasteiger partial charge on any atom is -0.416 e. The van der Waals surface area contributed by atoms with E-state index in [4.69, 9.17) is 9.16 Å². The van der Waals surface area contributed by atoms with Gasteiger partial charge in [0.1, 0.15) is 0 Å². The summed E-state index contributed by atoms with van der Waals surface area (Å²) < 4.78 is 13.3. The molecule has 0 spiro atoms. The first-order chi connectivity index (χ1) is 19.8. The first kappa shape index (κ1) is 31.7. The van der Waals surface area contributed by atoms with Crippen molar-refractivity contribution in [2.75, 3.05) is 19.8 Å². The van der Waals surface area contributed by atoms with E-state index in [2.05, 4.69) is 125 Å². The number of rotatable bonds is 12. The van der Waals surface area contributed by atoms with Crippen LogP contribution in [0.5, 0.6) is 0 Å². The van der Waals surface area contributed by atoms with Crippen molar-refractivity contribution in [1.29, 1.82) is 0 Å². The van der Waals surface area contributed by atoms with Crippen molar-refractivity contribution in [3.63, 3.8) is 0 Å². The van der Waals surface area contributed by atoms with Crippen molar-refractivity contribution < 1.29 is 9.16 Å². The largest absolute Gasteiger partial charge is 0.416 e. The SMILES string of the molecule is CC(C)[Si](OCCCCCN1Cc2ccccc2-c2ccccc2COC[C@@H]1Cc1ccccc1)(C(C)C)C(C)C. The molecule has 0 radical (unpaired) electrons. The Balaban J connectivity index is 1.48. The average Bonchev–Trinajstić information content (AvgIpc) is 2.96. The maximum Gasteiger partial charge on any atom is 0.200 e. The molecule has 0 aliphatic carbocycles. The van der Waals surface area contributed by atoms with Crippen molar-refractivity contribution in [2.24, 2.45) is 0 Å². The highest BCUT2D eigenvalue weighted by Gasteiger charge is 2.44. The molecule has 1 aliphatic heterocycles. The van der Waals surface area contributed by atoms with Gasteiger partial charge in [0.05, 0.1) is 13.2 Å². The maximum atomic E-state index is 6.86. The number of hydrogen-bond acceptors (Lipinski definition) is 3. The first-order valence-electron chi connectivity index (χ1n) is 16.0. The Labute approximate surface area is 251 Å². The fourth-order valence-electron chi connectivity index (χ4n) is 7.27. The Morgan fingerprint density at radius 1 is 0.732 bits per heavy atom. The molecule has 0 saturated carbocycles. The molecule has 41 heavy (non-hydrogen) atoms. The van der Waals surface area contributed by atoms with E-state index in [9.17, 15) is 0 Å². The summed E-state index contributed by atoms with van der Waals surface area (Å²) in [6.07, 6.45) is 4.50. The molecule has 4 rings (SSSR count). The molecular weight excluding hydrogens is 518 g/mol. The molecule has 0 saturated heterocycles. The zero-order valence-electron chi connectivity index (χ0n) is 26.4. The van der Waals surface area contributed by atoms with E-state index in [-0.39, 0.29) is 0 Å². The van der Waals surface area contributed by atoms with E-state index in [0.717, 1.165) is 39.1 Å². The lowest BCUT2D eigenvalue weighted by atomic mass is 9.94. The maximum absolute atomic E-state index is 6.86. The van der Waals surface area contributed by atoms with Crippen LogP contribution in [-0.4, -0.2) is 39.0 Å². The van der Waals surface area contributed by atoms with Crippen LogP contribution >= 0.6 is 0 Å². The molecule has 4 heteroatoms. The average molecular weight is 572 g/mol. The minimum atomic E-state index is -1.79. The fourth-order valence-corrected chi connectivity index (χ4v) is 12.8. The Bertz CT molecular complexity index is 1170. The van der Waals surface area contributed by atoms with Crippen LogP contribution in [0, 0.1) is 0 Å². The molecule has 0 N–H and O–H groups in total. The Kier molecular flexibility index (Phi) is 11.8. The highest BCUT2D eigenvalue weighted by molar-refractivity contribution is 6.77. The number of nitrogens with zero attached hydrogens (tertiary/aromatic N) is 1. The smallest absolute Gasteiger partial charge is 0.200 e. The molecule has 0 unspecified atom stereocenters. The zero-order chi connectivity index (χ0) is 29.2. The van der Waals surface area contributed by atoms with Crippen molar-refractivity contribution in [3.05, 3.63) is 95.6 Å². The third-order valence-corrected chi connectivity index (χ3v) is 15.4. The van der Waals surface area contributed by atoms with Crippen molar-refractivity contribution in [1.82, 2.24) is 4.90 Å². The Hall–Kier alpha value is -2.24. The number of unbranched alkanes of at least 4 members (excludes halogenated alkanes) is 2. The van der Waals surface area contributed by atoms with E-state index in [1.807, 2.05) is 0 Å². The summed E-state index contributed by atoms with van der Waals surface area (Å²) in [4.78, 5) is 2.69. The molecule has 0 aromatic heterocycles. The highest BCUT2D eigenvalue weighted by Crippen LogP contribution is 2.42. The molecule has 0 amide bonds. The summed E-state index contributed by atoms with van der Waals surface area (Å²) in [6, 6.07) is 29.0. The summed E-state index contributed by atoms with van der Waals surface area (Å²) in [6.45, 7) is 18.6. The van der Waals surface area contributed by atoms with Crippen molar-refractivity contribution >= 4 is 8.32 Å². The lowest BCUT2D eigenvalue weighted by molar-refractivity contribution is 0.0450. The van der Waals surface area contributed by atoms with Gasteiger partial charge in [-0.25, -0.2) is 0 Å². The number of benzene rings is 3. The number of hydrogen-bond donors (Lipinski definition) is 0. The van der Waals surface area contributed by atoms with Crippen LogP contribution in [-0.2, 0) is 28.7 Å². The molecule has 3 aromatic rings. The topological polar surface area (TPSA) is 21.7 Å². The molecule has 0 fully saturated rings. The number of fused-ring (bicyclic) bond motifs is 3. The van der Waals surface area contributed by atoms with Gasteiger partial charge in [0.2, 0.25) is 0 Å². The van der Waals surface area contributed by atoms with Crippen LogP contribution in [0.1, 0.15) is 77.5 Å². The quantitative estimate of drug-likeness (QED) is 0.160. The standard InChI is InChI=1S/C37H53NO2Si/c1-29(2)41(30(3)4,31(5)6)40-24-16-8-15-23-38-26-33-19-11-13-21-36(33)37-22-14-12-20-34(37)27-39-28-35(38)25-32-17-9-7-10-18-32/h7,9-14,17-22,29-31,35H,8,15-16,23-28H2,1-6H3/t35-/m0/s1. The van der Waals surface area contributed by atoms with Crippen molar-refractivity contribution in [3.8, 4) is 11.1 Å². The van der Waals surface area contributed by atoms with Crippen LogP contribution in [0.4, 0.5) is 0 Å². The van der Waals surface area contributed by atoms with Crippen LogP contribution in [0.25, 0.3) is 11.1 Å². The second kappa shape index (κ2) is 15.3. The van der Waals surface area contributed by atoms with Gasteiger partial charge < -0.3 is 9.16 Å². The Morgan fingerprint density at radius 3 is 1.98 bits per heavy atom. The second-order valence-electron chi connectivity index (χ2n) is 12.9. The van der Waals surface area contributed by atoms with Gasteiger partial charge in [0.25, 0.3) is 0 Å². The molecule has 1 aliphatic rings. The van der Waals surface area contributed by atoms with Crippen LogP contribution in [0.15, 0.2) is 78.9 Å². The third kappa shape index (κ3) is 7.98. The van der Waals surface area contributed by atoms with E-state index in [0.29, 0.717) is 29.3 Å². The molecule has 0 bridgehead atoms. The van der Waals surface area contributed by atoms with Crippen molar-refractivity contribution in [2.45, 2.75) is 103 Å². The molecule has 3 nitrogen and oxygen atoms in total. The molecule has 1 atom stereocenters. The Morgan fingerprint density at radius 2 is 1.32 bits per heavy atom. The fraction of sp³-hybridized carbons (Fsp3) is 0.514. The van der Waals surface area contributed by atoms with E-state index >= 15 is 0 Å². The summed E-state index contributed by atoms with van der Waals surface area (Å²) in [7, 11) is -1.79. The molecule has 1 heterocycles. The van der Waals surface area contributed by atoms with Crippen LogP contribution in [0.3, 0.4) is 0 Å². The third-order valence-electron chi connectivity index (χ3n) is 9.25. The summed E-state index contributed by atoms with van der Waals surface area (Å²) in [5.74, 6) is 0. The summed E-state index contributed by atoms with van der Waals surface area (Å²) in [5.41, 5.74) is 8.61. The minimum absolute atomic E-state index is 0.329. The normalized spacial score (nSPS) is 16.7. The predicted octanol–water partition coefficient (Wildman–Crippen LogP) is 9.66. The van der Waals surface area contributed by atoms with Crippen LogP contribution < -0.4 is 0 Å². The predicted molar refractivity (Wildman–Crippen MR) is 177 cm³/mol. The van der Waals surface area contributed by atoms with E-state index < -0.39 is 8.32 Å². The van der Waals surface area contributed by atoms with Gasteiger partial charge in [-0.05, 0) is 76.7 Å². The summed E-state index contributed by atoms with van der Waals surface area (Å²) >= 11 is 0. The van der Waals surface area contributed by atoms with Gasteiger partial charge in [-0.2, -0.15) is 0 Å². The molecule has 3 aromatic carbocycles.